The molecule has 0 aliphatic carbocycles. The second-order valence-corrected chi connectivity index (χ2v) is 8.45. The normalized spacial score (nSPS) is 15.5. The van der Waals surface area contributed by atoms with E-state index in [-0.39, 0.29) is 10.8 Å². The Hall–Kier alpha value is -1.91. The van der Waals surface area contributed by atoms with Gasteiger partial charge in [0.25, 0.3) is 0 Å². The van der Waals surface area contributed by atoms with Gasteiger partial charge in [-0.15, -0.1) is 11.3 Å². The predicted octanol–water partition coefficient (Wildman–Crippen LogP) is 1.27. The van der Waals surface area contributed by atoms with Crippen molar-refractivity contribution in [2.75, 3.05) is 26.2 Å². The summed E-state index contributed by atoms with van der Waals surface area (Å²) in [6.07, 6.45) is 3.89. The molecule has 1 aliphatic rings. The number of hydrogen-bond donors (Lipinski definition) is 1. The highest BCUT2D eigenvalue weighted by molar-refractivity contribution is 7.91. The number of aromatic nitrogens is 2. The third kappa shape index (κ3) is 3.77. The molecular weight excluding hydrogens is 352 g/mol. The Morgan fingerprint density at radius 1 is 1.42 bits per heavy atom. The van der Waals surface area contributed by atoms with Gasteiger partial charge >= 0.3 is 6.09 Å². The minimum absolute atomic E-state index is 0.150. The largest absolute Gasteiger partial charge is 0.449 e. The molecule has 0 aromatic carbocycles. The van der Waals surface area contributed by atoms with Crippen LogP contribution in [-0.2, 0) is 21.8 Å². The summed E-state index contributed by atoms with van der Waals surface area (Å²) in [5, 5.41) is 4.08. The van der Waals surface area contributed by atoms with E-state index in [0.717, 1.165) is 16.9 Å². The number of rotatable bonds is 6. The van der Waals surface area contributed by atoms with Gasteiger partial charge in [0, 0.05) is 43.3 Å². The lowest BCUT2D eigenvalue weighted by Crippen LogP contribution is -2.42. The fourth-order valence-corrected chi connectivity index (χ4v) is 4.70. The fourth-order valence-electron chi connectivity index (χ4n) is 2.35. The highest BCUT2D eigenvalue weighted by Crippen LogP contribution is 2.30. The minimum atomic E-state index is -3.60. The van der Waals surface area contributed by atoms with Crippen LogP contribution in [0.5, 0.6) is 0 Å². The number of nitrogens with one attached hydrogen (secondary N) is 1. The number of cyclic esters (lactones) is 1. The van der Waals surface area contributed by atoms with Gasteiger partial charge in [0.15, 0.2) is 0 Å². The molecule has 0 atom stereocenters. The Morgan fingerprint density at radius 3 is 2.96 bits per heavy atom. The summed E-state index contributed by atoms with van der Waals surface area (Å²) >= 11 is 1.18. The predicted molar refractivity (Wildman–Crippen MR) is 89.2 cm³/mol. The summed E-state index contributed by atoms with van der Waals surface area (Å²) in [7, 11) is -1.79. The summed E-state index contributed by atoms with van der Waals surface area (Å²) in [5.41, 5.74) is 0.875. The third-order valence-electron chi connectivity index (χ3n) is 3.57. The van der Waals surface area contributed by atoms with E-state index in [4.69, 9.17) is 4.74 Å². The average molecular weight is 370 g/mol. The van der Waals surface area contributed by atoms with E-state index in [9.17, 15) is 13.2 Å². The van der Waals surface area contributed by atoms with E-state index in [2.05, 4.69) is 9.82 Å². The minimum Gasteiger partial charge on any atom is -0.449 e. The number of amides is 1. The maximum atomic E-state index is 12.3. The molecule has 3 rings (SSSR count). The van der Waals surface area contributed by atoms with Crippen molar-refractivity contribution in [3.05, 3.63) is 24.5 Å². The fraction of sp³-hybridized carbons (Fsp3) is 0.429. The Labute approximate surface area is 144 Å². The molecule has 1 fully saturated rings. The maximum Gasteiger partial charge on any atom is 0.409 e. The Bertz CT molecular complexity index is 827. The molecule has 24 heavy (non-hydrogen) atoms. The molecule has 1 N–H and O–H groups in total. The molecule has 0 spiro atoms. The van der Waals surface area contributed by atoms with Crippen molar-refractivity contribution in [3.8, 4) is 10.4 Å². The van der Waals surface area contributed by atoms with Gasteiger partial charge in [0.05, 0.1) is 12.8 Å². The lowest BCUT2D eigenvalue weighted by molar-refractivity contribution is 0.0738. The molecule has 1 amide bonds. The van der Waals surface area contributed by atoms with Gasteiger partial charge in [0.2, 0.25) is 10.0 Å². The third-order valence-corrected chi connectivity index (χ3v) is 6.65. The Kier molecular flexibility index (Phi) is 4.88. The van der Waals surface area contributed by atoms with Crippen LogP contribution in [0.25, 0.3) is 10.4 Å². The number of carbonyl (C=O) groups is 1. The van der Waals surface area contributed by atoms with Crippen LogP contribution in [0.3, 0.4) is 0 Å². The van der Waals surface area contributed by atoms with Crippen molar-refractivity contribution in [2.24, 2.45) is 7.05 Å². The maximum absolute atomic E-state index is 12.3. The zero-order valence-electron chi connectivity index (χ0n) is 13.1. The summed E-state index contributed by atoms with van der Waals surface area (Å²) < 4.78 is 34.0. The SMILES string of the molecule is Cn1cc(-c2ccc(S(=O)(=O)NCCN3CCCOC3=O)s2)cn1. The first kappa shape index (κ1) is 16.9. The second kappa shape index (κ2) is 6.91. The van der Waals surface area contributed by atoms with Crippen LogP contribution in [0.1, 0.15) is 6.42 Å². The van der Waals surface area contributed by atoms with Gasteiger partial charge in [0.1, 0.15) is 4.21 Å². The zero-order valence-corrected chi connectivity index (χ0v) is 14.8. The highest BCUT2D eigenvalue weighted by atomic mass is 32.2. The molecule has 0 saturated carbocycles. The van der Waals surface area contributed by atoms with E-state index in [1.807, 2.05) is 13.2 Å². The number of nitrogens with zero attached hydrogens (tertiary/aromatic N) is 3. The van der Waals surface area contributed by atoms with Gasteiger partial charge in [-0.2, -0.15) is 5.10 Å². The monoisotopic (exact) mass is 370 g/mol. The van der Waals surface area contributed by atoms with Gasteiger partial charge in [-0.25, -0.2) is 17.9 Å². The van der Waals surface area contributed by atoms with E-state index in [1.165, 1.54) is 16.2 Å². The molecule has 130 valence electrons. The zero-order chi connectivity index (χ0) is 17.2. The number of aryl methyl sites for hydroxylation is 1. The molecule has 2 aromatic heterocycles. The van der Waals surface area contributed by atoms with Crippen molar-refractivity contribution >= 4 is 27.5 Å². The van der Waals surface area contributed by atoms with Crippen LogP contribution in [0.2, 0.25) is 0 Å². The Morgan fingerprint density at radius 2 is 2.25 bits per heavy atom. The van der Waals surface area contributed by atoms with Gasteiger partial charge < -0.3 is 9.64 Å². The molecule has 0 bridgehead atoms. The lowest BCUT2D eigenvalue weighted by atomic mass is 10.3. The van der Waals surface area contributed by atoms with Crippen LogP contribution in [-0.4, -0.2) is 55.4 Å². The summed E-state index contributed by atoms with van der Waals surface area (Å²) in [6, 6.07) is 3.34. The quantitative estimate of drug-likeness (QED) is 0.826. The molecule has 0 unspecified atom stereocenters. The standard InChI is InChI=1S/C14H18N4O4S2/c1-17-10-11(9-15-17)12-3-4-13(23-12)24(20,21)16-5-7-18-6-2-8-22-14(18)19/h3-4,9-10,16H,2,5-8H2,1H3. The smallest absolute Gasteiger partial charge is 0.409 e. The molecule has 1 aliphatic heterocycles. The van der Waals surface area contributed by atoms with Crippen molar-refractivity contribution in [3.63, 3.8) is 0 Å². The summed E-state index contributed by atoms with van der Waals surface area (Å²) in [5.74, 6) is 0. The summed E-state index contributed by atoms with van der Waals surface area (Å²) in [4.78, 5) is 13.8. The van der Waals surface area contributed by atoms with Crippen LogP contribution in [0, 0.1) is 0 Å². The first-order valence-corrected chi connectivity index (χ1v) is 9.76. The first-order valence-electron chi connectivity index (χ1n) is 7.46. The molecule has 8 nitrogen and oxygen atoms in total. The highest BCUT2D eigenvalue weighted by Gasteiger charge is 2.21. The van der Waals surface area contributed by atoms with Gasteiger partial charge in [-0.05, 0) is 18.6 Å². The topological polar surface area (TPSA) is 93.5 Å². The Balaban J connectivity index is 1.61. The summed E-state index contributed by atoms with van der Waals surface area (Å²) in [6.45, 7) is 1.45. The van der Waals surface area contributed by atoms with Crippen LogP contribution in [0.15, 0.2) is 28.7 Å². The second-order valence-electron chi connectivity index (χ2n) is 5.37. The van der Waals surface area contributed by atoms with Crippen LogP contribution >= 0.6 is 11.3 Å². The number of thiophene rings is 1. The number of hydrogen-bond acceptors (Lipinski definition) is 6. The van der Waals surface area contributed by atoms with E-state index in [0.29, 0.717) is 19.7 Å². The molecule has 10 heteroatoms. The molecule has 1 saturated heterocycles. The van der Waals surface area contributed by atoms with Gasteiger partial charge in [-0.3, -0.25) is 4.68 Å². The van der Waals surface area contributed by atoms with Crippen LogP contribution < -0.4 is 4.72 Å². The molecule has 2 aromatic rings. The number of ether oxygens (including phenoxy) is 1. The van der Waals surface area contributed by atoms with Crippen molar-refractivity contribution < 1.29 is 17.9 Å². The van der Waals surface area contributed by atoms with E-state index >= 15 is 0 Å². The van der Waals surface area contributed by atoms with Crippen molar-refractivity contribution in [1.82, 2.24) is 19.4 Å². The number of carbonyl (C=O) groups excluding carboxylic acids is 1. The van der Waals surface area contributed by atoms with E-state index < -0.39 is 16.1 Å². The van der Waals surface area contributed by atoms with E-state index in [1.54, 1.807) is 23.0 Å². The lowest BCUT2D eigenvalue weighted by Gasteiger charge is -2.26. The van der Waals surface area contributed by atoms with Crippen LogP contribution in [0.4, 0.5) is 4.79 Å². The molecule has 3 heterocycles. The number of sulfonamides is 1. The molecular formula is C14H18N4O4S2. The van der Waals surface area contributed by atoms with Gasteiger partial charge in [-0.1, -0.05) is 0 Å². The molecule has 0 radical (unpaired) electrons. The van der Waals surface area contributed by atoms with Crippen molar-refractivity contribution in [1.29, 1.82) is 0 Å². The van der Waals surface area contributed by atoms with Crippen molar-refractivity contribution in [2.45, 2.75) is 10.6 Å². The average Bonchev–Trinajstić information content (AvgIpc) is 3.18. The first-order chi connectivity index (χ1) is 11.5.